The molecule has 0 aliphatic rings. The molecule has 0 fully saturated rings. The summed E-state index contributed by atoms with van der Waals surface area (Å²) in [7, 11) is 3.31. The Balaban J connectivity index is 2.45. The largest absolute Gasteiger partial charge is 0.476 e. The van der Waals surface area contributed by atoms with E-state index in [1.165, 1.54) is 0 Å². The molecule has 18 heavy (non-hydrogen) atoms. The summed E-state index contributed by atoms with van der Waals surface area (Å²) in [6.07, 6.45) is 1.67. The molecule has 1 rings (SSSR count). The second kappa shape index (κ2) is 7.13. The van der Waals surface area contributed by atoms with Crippen LogP contribution in [0.4, 0.5) is 0 Å². The van der Waals surface area contributed by atoms with Crippen LogP contribution in [0.1, 0.15) is 29.5 Å². The Morgan fingerprint density at radius 1 is 1.56 bits per heavy atom. The number of carboxylic acid groups (broad SMARTS) is 1. The number of carboxylic acids is 1. The number of H-pyrrole nitrogens is 1. The van der Waals surface area contributed by atoms with Gasteiger partial charge in [0.1, 0.15) is 0 Å². The summed E-state index contributed by atoms with van der Waals surface area (Å²) in [4.78, 5) is 10.7. The smallest absolute Gasteiger partial charge is 0.356 e. The average molecular weight is 256 g/mol. The first-order valence-corrected chi connectivity index (χ1v) is 5.87. The van der Waals surface area contributed by atoms with Crippen molar-refractivity contribution in [1.29, 1.82) is 0 Å². The van der Waals surface area contributed by atoms with Crippen molar-refractivity contribution in [2.75, 3.05) is 20.8 Å². The van der Waals surface area contributed by atoms with Crippen LogP contribution >= 0.6 is 0 Å². The molecule has 1 aromatic heterocycles. The van der Waals surface area contributed by atoms with Crippen molar-refractivity contribution in [3.05, 3.63) is 17.5 Å². The van der Waals surface area contributed by atoms with Crippen LogP contribution in [0, 0.1) is 5.92 Å². The van der Waals surface area contributed by atoms with Gasteiger partial charge >= 0.3 is 5.97 Å². The summed E-state index contributed by atoms with van der Waals surface area (Å²) < 4.78 is 10.4. The fraction of sp³-hybridized carbons (Fsp3) is 0.667. The lowest BCUT2D eigenvalue weighted by Crippen LogP contribution is -2.26. The summed E-state index contributed by atoms with van der Waals surface area (Å²) in [5, 5.41) is 15.2. The molecule has 2 N–H and O–H groups in total. The number of aromatic nitrogens is 2. The highest BCUT2D eigenvalue weighted by atomic mass is 16.5. The molecule has 0 aliphatic heterocycles. The molecule has 2 atom stereocenters. The molecule has 1 aromatic rings. The highest BCUT2D eigenvalue weighted by Crippen LogP contribution is 2.15. The first-order chi connectivity index (χ1) is 8.58. The zero-order valence-corrected chi connectivity index (χ0v) is 11.0. The van der Waals surface area contributed by atoms with Crippen molar-refractivity contribution < 1.29 is 19.4 Å². The van der Waals surface area contributed by atoms with Crippen molar-refractivity contribution >= 4 is 5.97 Å². The third-order valence-corrected chi connectivity index (χ3v) is 2.99. The maximum absolute atomic E-state index is 10.7. The lowest BCUT2D eigenvalue weighted by molar-refractivity contribution is -0.00543. The van der Waals surface area contributed by atoms with E-state index in [1.54, 1.807) is 20.3 Å². The second-order valence-corrected chi connectivity index (χ2v) is 4.33. The summed E-state index contributed by atoms with van der Waals surface area (Å²) in [5.41, 5.74) is 0.879. The summed E-state index contributed by atoms with van der Waals surface area (Å²) in [6.45, 7) is 2.64. The molecule has 0 spiro atoms. The van der Waals surface area contributed by atoms with Crippen LogP contribution in [0.25, 0.3) is 0 Å². The van der Waals surface area contributed by atoms with Gasteiger partial charge in [0.15, 0.2) is 5.69 Å². The quantitative estimate of drug-likeness (QED) is 0.733. The molecule has 102 valence electrons. The van der Waals surface area contributed by atoms with E-state index in [0.717, 1.165) is 18.5 Å². The summed E-state index contributed by atoms with van der Waals surface area (Å²) in [6, 6.07) is 1.56. The van der Waals surface area contributed by atoms with Gasteiger partial charge in [0, 0.05) is 19.9 Å². The molecule has 0 saturated heterocycles. The minimum absolute atomic E-state index is 0.0527. The minimum atomic E-state index is -1.01. The van der Waals surface area contributed by atoms with E-state index < -0.39 is 5.97 Å². The van der Waals surface area contributed by atoms with Gasteiger partial charge in [0.2, 0.25) is 0 Å². The number of aryl methyl sites for hydroxylation is 1. The fourth-order valence-electron chi connectivity index (χ4n) is 1.80. The van der Waals surface area contributed by atoms with Crippen molar-refractivity contribution in [1.82, 2.24) is 10.2 Å². The standard InChI is InChI=1S/C12H20N2O4/c1-8(11(18-3)7-17-2)4-5-9-6-10(12(15)16)14-13-9/h6,8,11H,4-5,7H2,1-3H3,(H,13,14)(H,15,16). The Hall–Kier alpha value is -1.40. The van der Waals surface area contributed by atoms with Crippen LogP contribution in [0.2, 0.25) is 0 Å². The number of nitrogens with zero attached hydrogens (tertiary/aromatic N) is 1. The second-order valence-electron chi connectivity index (χ2n) is 4.33. The van der Waals surface area contributed by atoms with Crippen LogP contribution in [0.3, 0.4) is 0 Å². The van der Waals surface area contributed by atoms with E-state index >= 15 is 0 Å². The number of nitrogens with one attached hydrogen (secondary N) is 1. The van der Waals surface area contributed by atoms with Crippen LogP contribution < -0.4 is 0 Å². The SMILES string of the molecule is COCC(OC)C(C)CCc1cc(C(=O)O)n[nH]1. The lowest BCUT2D eigenvalue weighted by Gasteiger charge is -2.21. The zero-order valence-electron chi connectivity index (χ0n) is 11.0. The van der Waals surface area contributed by atoms with Gasteiger partial charge in [-0.2, -0.15) is 5.10 Å². The number of ether oxygens (including phenoxy) is 2. The maximum Gasteiger partial charge on any atom is 0.356 e. The van der Waals surface area contributed by atoms with Crippen LogP contribution in [-0.4, -0.2) is 48.2 Å². The molecular weight excluding hydrogens is 236 g/mol. The Morgan fingerprint density at radius 2 is 2.28 bits per heavy atom. The van der Waals surface area contributed by atoms with Crippen molar-refractivity contribution in [3.63, 3.8) is 0 Å². The number of hydrogen-bond acceptors (Lipinski definition) is 4. The molecule has 6 nitrogen and oxygen atoms in total. The number of hydrogen-bond donors (Lipinski definition) is 2. The Morgan fingerprint density at radius 3 is 2.78 bits per heavy atom. The average Bonchev–Trinajstić information content (AvgIpc) is 2.82. The molecule has 1 heterocycles. The van der Waals surface area contributed by atoms with Crippen LogP contribution in [0.5, 0.6) is 0 Å². The monoisotopic (exact) mass is 256 g/mol. The number of rotatable bonds is 8. The molecule has 0 bridgehead atoms. The number of methoxy groups -OCH3 is 2. The maximum atomic E-state index is 10.7. The van der Waals surface area contributed by atoms with Crippen LogP contribution in [0.15, 0.2) is 6.07 Å². The molecule has 2 unspecified atom stereocenters. The van der Waals surface area contributed by atoms with Gasteiger partial charge in [0.05, 0.1) is 12.7 Å². The first-order valence-electron chi connectivity index (χ1n) is 5.87. The predicted octanol–water partition coefficient (Wildman–Crippen LogP) is 1.34. The van der Waals surface area contributed by atoms with Crippen molar-refractivity contribution in [2.45, 2.75) is 25.9 Å². The molecule has 6 heteroatoms. The topological polar surface area (TPSA) is 84.4 Å². The Bertz CT molecular complexity index is 378. The fourth-order valence-corrected chi connectivity index (χ4v) is 1.80. The molecule has 0 radical (unpaired) electrons. The van der Waals surface area contributed by atoms with Crippen molar-refractivity contribution in [2.24, 2.45) is 5.92 Å². The van der Waals surface area contributed by atoms with Gasteiger partial charge in [0.25, 0.3) is 0 Å². The molecule has 0 aliphatic carbocycles. The van der Waals surface area contributed by atoms with Gasteiger partial charge in [-0.3, -0.25) is 5.10 Å². The van der Waals surface area contributed by atoms with Crippen molar-refractivity contribution in [3.8, 4) is 0 Å². The first kappa shape index (κ1) is 14.7. The van der Waals surface area contributed by atoms with Gasteiger partial charge in [-0.15, -0.1) is 0 Å². The van der Waals surface area contributed by atoms with E-state index in [1.807, 2.05) is 0 Å². The molecule has 0 amide bonds. The number of carbonyl (C=O) groups is 1. The van der Waals surface area contributed by atoms with E-state index in [2.05, 4.69) is 17.1 Å². The molecular formula is C12H20N2O4. The highest BCUT2D eigenvalue weighted by molar-refractivity contribution is 5.85. The zero-order chi connectivity index (χ0) is 13.5. The third kappa shape index (κ3) is 4.12. The Kier molecular flexibility index (Phi) is 5.80. The van der Waals surface area contributed by atoms with E-state index in [4.69, 9.17) is 14.6 Å². The van der Waals surface area contributed by atoms with E-state index in [9.17, 15) is 4.79 Å². The van der Waals surface area contributed by atoms with Gasteiger partial charge < -0.3 is 14.6 Å². The summed E-state index contributed by atoms with van der Waals surface area (Å²) in [5.74, 6) is -0.689. The minimum Gasteiger partial charge on any atom is -0.476 e. The predicted molar refractivity (Wildman–Crippen MR) is 65.7 cm³/mol. The van der Waals surface area contributed by atoms with Gasteiger partial charge in [-0.1, -0.05) is 6.92 Å². The summed E-state index contributed by atoms with van der Waals surface area (Å²) >= 11 is 0. The van der Waals surface area contributed by atoms with Gasteiger partial charge in [-0.25, -0.2) is 4.79 Å². The van der Waals surface area contributed by atoms with Crippen LogP contribution in [-0.2, 0) is 15.9 Å². The highest BCUT2D eigenvalue weighted by Gasteiger charge is 2.17. The molecule has 0 aromatic carbocycles. The lowest BCUT2D eigenvalue weighted by atomic mass is 9.98. The normalized spacial score (nSPS) is 14.4. The third-order valence-electron chi connectivity index (χ3n) is 2.99. The Labute approximate surface area is 106 Å². The van der Waals surface area contributed by atoms with E-state index in [-0.39, 0.29) is 11.8 Å². The molecule has 0 saturated carbocycles. The van der Waals surface area contributed by atoms with Gasteiger partial charge in [-0.05, 0) is 24.8 Å². The number of aromatic carboxylic acids is 1. The number of aromatic amines is 1. The van der Waals surface area contributed by atoms with E-state index in [0.29, 0.717) is 12.5 Å².